The van der Waals surface area contributed by atoms with E-state index in [0.717, 1.165) is 47.7 Å². The van der Waals surface area contributed by atoms with Crippen molar-refractivity contribution in [2.45, 2.75) is 51.5 Å². The van der Waals surface area contributed by atoms with Crippen LogP contribution in [0.4, 0.5) is 0 Å². The van der Waals surface area contributed by atoms with Crippen LogP contribution in [0.1, 0.15) is 44.6 Å². The van der Waals surface area contributed by atoms with Crippen molar-refractivity contribution in [3.8, 4) is 10.9 Å². The highest BCUT2D eigenvalue weighted by atomic mass is 32.1. The zero-order chi connectivity index (χ0) is 21.5. The van der Waals surface area contributed by atoms with Gasteiger partial charge in [-0.1, -0.05) is 35.6 Å². The summed E-state index contributed by atoms with van der Waals surface area (Å²) in [5.74, 6) is 2.05. The second kappa shape index (κ2) is 10.7. The molecule has 2 N–H and O–H groups in total. The summed E-state index contributed by atoms with van der Waals surface area (Å²) in [5.41, 5.74) is 2.31. The summed E-state index contributed by atoms with van der Waals surface area (Å²) in [6, 6.07) is 17.1. The summed E-state index contributed by atoms with van der Waals surface area (Å²) in [6.45, 7) is 3.46. The molecule has 0 bridgehead atoms. The van der Waals surface area contributed by atoms with Crippen molar-refractivity contribution in [3.63, 3.8) is 0 Å². The smallest absolute Gasteiger partial charge is 0.279 e. The summed E-state index contributed by atoms with van der Waals surface area (Å²) in [7, 11) is 0. The number of aromatic nitrogens is 1. The van der Waals surface area contributed by atoms with E-state index in [4.69, 9.17) is 14.9 Å². The van der Waals surface area contributed by atoms with E-state index in [-0.39, 0.29) is 0 Å². The number of hydrogen-bond donors (Lipinski definition) is 2. The van der Waals surface area contributed by atoms with E-state index in [0.29, 0.717) is 30.2 Å². The molecule has 0 saturated heterocycles. The van der Waals surface area contributed by atoms with E-state index in [2.05, 4.69) is 28.5 Å². The summed E-state index contributed by atoms with van der Waals surface area (Å²) in [6.07, 6.45) is 6.55. The molecule has 3 aromatic rings. The van der Waals surface area contributed by atoms with Crippen LogP contribution in [0.5, 0.6) is 10.9 Å². The summed E-state index contributed by atoms with van der Waals surface area (Å²) in [5, 5.41) is 12.1. The minimum absolute atomic E-state index is 0.403. The van der Waals surface area contributed by atoms with Gasteiger partial charge in [-0.15, -0.1) is 0 Å². The van der Waals surface area contributed by atoms with Crippen LogP contribution in [0.3, 0.4) is 0 Å². The molecule has 2 aromatic carbocycles. The fourth-order valence-electron chi connectivity index (χ4n) is 3.83. The molecule has 6 heteroatoms. The molecule has 5 nitrogen and oxygen atoms in total. The molecule has 1 aromatic heterocycles. The highest BCUT2D eigenvalue weighted by molar-refractivity contribution is 7.20. The van der Waals surface area contributed by atoms with Gasteiger partial charge < -0.3 is 14.8 Å². The van der Waals surface area contributed by atoms with Gasteiger partial charge in [-0.3, -0.25) is 5.41 Å². The molecule has 1 fully saturated rings. The van der Waals surface area contributed by atoms with Gasteiger partial charge in [0.25, 0.3) is 5.19 Å². The maximum Gasteiger partial charge on any atom is 0.279 e. The number of benzene rings is 2. The predicted octanol–water partition coefficient (Wildman–Crippen LogP) is 6.18. The molecule has 1 heterocycles. The van der Waals surface area contributed by atoms with E-state index >= 15 is 0 Å². The molecule has 1 atom stereocenters. The monoisotopic (exact) mass is 437 g/mol. The van der Waals surface area contributed by atoms with E-state index in [1.165, 1.54) is 18.4 Å². The lowest BCUT2D eigenvalue weighted by Gasteiger charge is -2.18. The Labute approximate surface area is 188 Å². The van der Waals surface area contributed by atoms with Crippen molar-refractivity contribution in [1.29, 1.82) is 5.41 Å². The number of rotatable bonds is 12. The Kier molecular flexibility index (Phi) is 7.54. The number of ether oxygens (including phenoxy) is 2. The minimum atomic E-state index is 0.403. The number of para-hydroxylation sites is 1. The number of thiazole rings is 1. The molecule has 1 aliphatic rings. The molecule has 164 valence electrons. The van der Waals surface area contributed by atoms with Crippen LogP contribution in [0.25, 0.3) is 10.2 Å². The largest absolute Gasteiger partial charge is 0.481 e. The molecular weight excluding hydrogens is 406 g/mol. The lowest BCUT2D eigenvalue weighted by molar-refractivity contribution is 0.311. The van der Waals surface area contributed by atoms with Crippen molar-refractivity contribution >= 4 is 27.5 Å². The Bertz CT molecular complexity index is 949. The van der Waals surface area contributed by atoms with Crippen LogP contribution >= 0.6 is 11.3 Å². The molecule has 4 rings (SSSR count). The standard InChI is InChI=1S/C25H31N3O2S/c1-2-29-24(26)8-5-17-27-21(19-12-13-19)16-11-18-9-14-20(15-10-18)30-25-28-22-6-3-4-7-23(22)31-25/h3-4,6-7,9-10,14-15,19,21,26-27H,2,5,8,11-13,16-17H2,1H3. The molecule has 0 radical (unpaired) electrons. The zero-order valence-corrected chi connectivity index (χ0v) is 18.9. The average Bonchev–Trinajstić information content (AvgIpc) is 3.53. The molecule has 0 amide bonds. The van der Waals surface area contributed by atoms with Gasteiger partial charge in [-0.05, 0) is 81.3 Å². The van der Waals surface area contributed by atoms with Crippen LogP contribution in [0.2, 0.25) is 0 Å². The van der Waals surface area contributed by atoms with Crippen molar-refractivity contribution in [2.75, 3.05) is 13.2 Å². The Morgan fingerprint density at radius 2 is 2.00 bits per heavy atom. The summed E-state index contributed by atoms with van der Waals surface area (Å²) >= 11 is 1.57. The molecule has 1 saturated carbocycles. The van der Waals surface area contributed by atoms with E-state index in [1.807, 2.05) is 37.3 Å². The molecule has 0 spiro atoms. The molecule has 31 heavy (non-hydrogen) atoms. The second-order valence-corrected chi connectivity index (χ2v) is 9.08. The predicted molar refractivity (Wildman–Crippen MR) is 128 cm³/mol. The third-order valence-corrected chi connectivity index (χ3v) is 6.56. The van der Waals surface area contributed by atoms with Crippen molar-refractivity contribution in [2.24, 2.45) is 5.92 Å². The van der Waals surface area contributed by atoms with Crippen LogP contribution in [0, 0.1) is 11.3 Å². The first-order chi connectivity index (χ1) is 15.2. The molecular formula is C25H31N3O2S. The van der Waals surface area contributed by atoms with E-state index < -0.39 is 0 Å². The Morgan fingerprint density at radius 1 is 1.19 bits per heavy atom. The normalized spacial score (nSPS) is 14.5. The number of nitrogens with one attached hydrogen (secondary N) is 2. The molecule has 1 unspecified atom stereocenters. The SMILES string of the molecule is CCOC(=N)CCCNC(CCc1ccc(Oc2nc3ccccc3s2)cc1)C1CC1. The fraction of sp³-hybridized carbons (Fsp3) is 0.440. The second-order valence-electron chi connectivity index (χ2n) is 8.09. The minimum Gasteiger partial charge on any atom is -0.481 e. The first kappa shape index (κ1) is 21.8. The van der Waals surface area contributed by atoms with E-state index in [1.54, 1.807) is 11.3 Å². The molecule has 0 aliphatic heterocycles. The maximum absolute atomic E-state index is 7.72. The average molecular weight is 438 g/mol. The van der Waals surface area contributed by atoms with Gasteiger partial charge in [0, 0.05) is 12.5 Å². The van der Waals surface area contributed by atoms with Crippen LogP contribution < -0.4 is 10.1 Å². The number of fused-ring (bicyclic) bond motifs is 1. The Balaban J connectivity index is 1.23. The highest BCUT2D eigenvalue weighted by Gasteiger charge is 2.30. The summed E-state index contributed by atoms with van der Waals surface area (Å²) < 4.78 is 12.3. The quantitative estimate of drug-likeness (QED) is 0.202. The van der Waals surface area contributed by atoms with Crippen LogP contribution in [0.15, 0.2) is 48.5 Å². The molecule has 1 aliphatic carbocycles. The summed E-state index contributed by atoms with van der Waals surface area (Å²) in [4.78, 5) is 4.54. The fourth-order valence-corrected chi connectivity index (χ4v) is 4.66. The Hall–Kier alpha value is -2.44. The number of nitrogens with zero attached hydrogens (tertiary/aromatic N) is 1. The van der Waals surface area contributed by atoms with Crippen molar-refractivity contribution in [3.05, 3.63) is 54.1 Å². The first-order valence-electron chi connectivity index (χ1n) is 11.3. The van der Waals surface area contributed by atoms with Gasteiger partial charge in [0.05, 0.1) is 16.8 Å². The third-order valence-electron chi connectivity index (χ3n) is 5.64. The topological polar surface area (TPSA) is 67.2 Å². The van der Waals surface area contributed by atoms with Crippen LogP contribution in [-0.2, 0) is 11.2 Å². The zero-order valence-electron chi connectivity index (χ0n) is 18.1. The van der Waals surface area contributed by atoms with Crippen molar-refractivity contribution in [1.82, 2.24) is 10.3 Å². The van der Waals surface area contributed by atoms with Crippen LogP contribution in [-0.4, -0.2) is 30.1 Å². The van der Waals surface area contributed by atoms with Gasteiger partial charge in [0.2, 0.25) is 0 Å². The maximum atomic E-state index is 7.72. The number of hydrogen-bond acceptors (Lipinski definition) is 6. The highest BCUT2D eigenvalue weighted by Crippen LogP contribution is 2.35. The van der Waals surface area contributed by atoms with Crippen molar-refractivity contribution < 1.29 is 9.47 Å². The van der Waals surface area contributed by atoms with Gasteiger partial charge in [0.1, 0.15) is 5.75 Å². The lowest BCUT2D eigenvalue weighted by atomic mass is 10.0. The van der Waals surface area contributed by atoms with Gasteiger partial charge in [-0.25, -0.2) is 4.98 Å². The van der Waals surface area contributed by atoms with Gasteiger partial charge >= 0.3 is 0 Å². The third kappa shape index (κ3) is 6.52. The number of aryl methyl sites for hydroxylation is 1. The Morgan fingerprint density at radius 3 is 2.74 bits per heavy atom. The van der Waals surface area contributed by atoms with Gasteiger partial charge in [-0.2, -0.15) is 0 Å². The lowest BCUT2D eigenvalue weighted by Crippen LogP contribution is -2.32. The first-order valence-corrected chi connectivity index (χ1v) is 12.1. The van der Waals surface area contributed by atoms with Gasteiger partial charge in [0.15, 0.2) is 5.90 Å². The van der Waals surface area contributed by atoms with E-state index in [9.17, 15) is 0 Å².